The predicted molar refractivity (Wildman–Crippen MR) is 71.8 cm³/mol. The molecule has 3 heteroatoms. The van der Waals surface area contributed by atoms with Gasteiger partial charge in [-0.25, -0.2) is 0 Å². The monoisotopic (exact) mass is 237 g/mol. The highest BCUT2D eigenvalue weighted by molar-refractivity contribution is 5.48. The minimum absolute atomic E-state index is 0.589. The minimum Gasteiger partial charge on any atom is -0.491 e. The van der Waals surface area contributed by atoms with Gasteiger partial charge in [0.1, 0.15) is 12.4 Å². The highest BCUT2D eigenvalue weighted by Gasteiger charge is 2.00. The van der Waals surface area contributed by atoms with Crippen molar-refractivity contribution in [3.63, 3.8) is 0 Å². The minimum atomic E-state index is 0.589. The van der Waals surface area contributed by atoms with Gasteiger partial charge in [0.05, 0.1) is 6.61 Å². The SMILES string of the molecule is CCC(C)CNc1cccc(OCCOC)c1. The number of hydrogen-bond acceptors (Lipinski definition) is 3. The predicted octanol–water partition coefficient (Wildman–Crippen LogP) is 3.17. The fourth-order valence-corrected chi connectivity index (χ4v) is 1.38. The fraction of sp³-hybridized carbons (Fsp3) is 0.571. The Morgan fingerprint density at radius 2 is 2.12 bits per heavy atom. The molecule has 0 radical (unpaired) electrons. The summed E-state index contributed by atoms with van der Waals surface area (Å²) in [4.78, 5) is 0. The molecule has 0 fully saturated rings. The average molecular weight is 237 g/mol. The van der Waals surface area contributed by atoms with E-state index in [0.29, 0.717) is 19.1 Å². The van der Waals surface area contributed by atoms with Crippen LogP contribution in [0.3, 0.4) is 0 Å². The Balaban J connectivity index is 2.42. The summed E-state index contributed by atoms with van der Waals surface area (Å²) in [6, 6.07) is 8.05. The van der Waals surface area contributed by atoms with Crippen LogP contribution in [-0.2, 0) is 4.74 Å². The summed E-state index contributed by atoms with van der Waals surface area (Å²) in [5.41, 5.74) is 1.11. The second-order valence-electron chi connectivity index (χ2n) is 4.26. The van der Waals surface area contributed by atoms with Crippen LogP contribution >= 0.6 is 0 Å². The Kier molecular flexibility index (Phi) is 6.48. The van der Waals surface area contributed by atoms with Crippen LogP contribution in [0.4, 0.5) is 5.69 Å². The first-order valence-electron chi connectivity index (χ1n) is 6.22. The molecule has 0 heterocycles. The number of nitrogens with one attached hydrogen (secondary N) is 1. The maximum atomic E-state index is 5.56. The highest BCUT2D eigenvalue weighted by atomic mass is 16.5. The van der Waals surface area contributed by atoms with Crippen LogP contribution in [0.5, 0.6) is 5.75 Å². The lowest BCUT2D eigenvalue weighted by Crippen LogP contribution is -2.10. The van der Waals surface area contributed by atoms with Gasteiger partial charge in [-0.2, -0.15) is 0 Å². The Morgan fingerprint density at radius 1 is 1.29 bits per heavy atom. The van der Waals surface area contributed by atoms with Crippen LogP contribution < -0.4 is 10.1 Å². The van der Waals surface area contributed by atoms with Crippen molar-refractivity contribution in [1.82, 2.24) is 0 Å². The van der Waals surface area contributed by atoms with Crippen molar-refractivity contribution >= 4 is 5.69 Å². The number of ether oxygens (including phenoxy) is 2. The molecule has 0 amide bonds. The summed E-state index contributed by atoms with van der Waals surface area (Å²) >= 11 is 0. The van der Waals surface area contributed by atoms with E-state index in [0.717, 1.165) is 18.0 Å². The van der Waals surface area contributed by atoms with Gasteiger partial charge in [0, 0.05) is 25.4 Å². The fourth-order valence-electron chi connectivity index (χ4n) is 1.38. The van der Waals surface area contributed by atoms with E-state index < -0.39 is 0 Å². The molecule has 0 aliphatic heterocycles. The van der Waals surface area contributed by atoms with Crippen molar-refractivity contribution in [2.24, 2.45) is 5.92 Å². The summed E-state index contributed by atoms with van der Waals surface area (Å²) in [6.07, 6.45) is 1.19. The van der Waals surface area contributed by atoms with Crippen LogP contribution in [0.25, 0.3) is 0 Å². The van der Waals surface area contributed by atoms with Crippen LogP contribution in [0.1, 0.15) is 20.3 Å². The maximum Gasteiger partial charge on any atom is 0.121 e. The summed E-state index contributed by atoms with van der Waals surface area (Å²) < 4.78 is 10.5. The molecule has 0 aliphatic rings. The number of rotatable bonds is 8. The van der Waals surface area contributed by atoms with E-state index in [1.807, 2.05) is 18.2 Å². The van der Waals surface area contributed by atoms with Crippen molar-refractivity contribution < 1.29 is 9.47 Å². The van der Waals surface area contributed by atoms with Crippen LogP contribution in [-0.4, -0.2) is 26.9 Å². The molecule has 96 valence electrons. The molecule has 1 unspecified atom stereocenters. The zero-order valence-corrected chi connectivity index (χ0v) is 11.0. The summed E-state index contributed by atoms with van der Waals surface area (Å²) in [7, 11) is 1.67. The molecule has 1 rings (SSSR count). The van der Waals surface area contributed by atoms with Crippen LogP contribution in [0.2, 0.25) is 0 Å². The second kappa shape index (κ2) is 7.96. The highest BCUT2D eigenvalue weighted by Crippen LogP contribution is 2.17. The topological polar surface area (TPSA) is 30.5 Å². The molecule has 0 aliphatic carbocycles. The molecule has 0 saturated heterocycles. The first-order chi connectivity index (χ1) is 8.26. The van der Waals surface area contributed by atoms with E-state index >= 15 is 0 Å². The van der Waals surface area contributed by atoms with Gasteiger partial charge in [0.25, 0.3) is 0 Å². The quantitative estimate of drug-likeness (QED) is 0.704. The van der Waals surface area contributed by atoms with Gasteiger partial charge in [-0.05, 0) is 18.1 Å². The lowest BCUT2D eigenvalue weighted by atomic mass is 10.1. The first kappa shape index (κ1) is 13.8. The smallest absolute Gasteiger partial charge is 0.121 e. The Labute approximate surface area is 104 Å². The Hall–Kier alpha value is -1.22. The summed E-state index contributed by atoms with van der Waals surface area (Å²) in [5, 5.41) is 3.41. The Morgan fingerprint density at radius 3 is 2.82 bits per heavy atom. The van der Waals surface area contributed by atoms with E-state index in [4.69, 9.17) is 9.47 Å². The van der Waals surface area contributed by atoms with E-state index in [2.05, 4.69) is 25.2 Å². The van der Waals surface area contributed by atoms with Gasteiger partial charge >= 0.3 is 0 Å². The van der Waals surface area contributed by atoms with Crippen molar-refractivity contribution in [2.75, 3.05) is 32.2 Å². The molecule has 1 aromatic carbocycles. The number of hydrogen-bond donors (Lipinski definition) is 1. The standard InChI is InChI=1S/C14H23NO2/c1-4-12(2)11-15-13-6-5-7-14(10-13)17-9-8-16-3/h5-7,10,12,15H,4,8-9,11H2,1-3H3. The van der Waals surface area contributed by atoms with Crippen molar-refractivity contribution in [1.29, 1.82) is 0 Å². The van der Waals surface area contributed by atoms with E-state index in [-0.39, 0.29) is 0 Å². The normalized spacial score (nSPS) is 12.2. The zero-order chi connectivity index (χ0) is 12.5. The van der Waals surface area contributed by atoms with Crippen molar-refractivity contribution in [3.05, 3.63) is 24.3 Å². The molecule has 1 N–H and O–H groups in total. The number of benzene rings is 1. The van der Waals surface area contributed by atoms with Crippen molar-refractivity contribution in [3.8, 4) is 5.75 Å². The van der Waals surface area contributed by atoms with Gasteiger partial charge in [0.15, 0.2) is 0 Å². The van der Waals surface area contributed by atoms with E-state index in [1.54, 1.807) is 7.11 Å². The molecule has 1 atom stereocenters. The van der Waals surface area contributed by atoms with Gasteiger partial charge in [0.2, 0.25) is 0 Å². The number of anilines is 1. The van der Waals surface area contributed by atoms with E-state index in [1.165, 1.54) is 6.42 Å². The molecule has 0 aromatic heterocycles. The van der Waals surface area contributed by atoms with Gasteiger partial charge in [-0.15, -0.1) is 0 Å². The maximum absolute atomic E-state index is 5.56. The van der Waals surface area contributed by atoms with Crippen molar-refractivity contribution in [2.45, 2.75) is 20.3 Å². The molecule has 1 aromatic rings. The molecule has 0 spiro atoms. The Bertz CT molecular complexity index is 315. The third kappa shape index (κ3) is 5.59. The lowest BCUT2D eigenvalue weighted by molar-refractivity contribution is 0.146. The summed E-state index contributed by atoms with van der Waals surface area (Å²) in [5.74, 6) is 1.57. The largest absolute Gasteiger partial charge is 0.491 e. The molecule has 3 nitrogen and oxygen atoms in total. The lowest BCUT2D eigenvalue weighted by Gasteiger charge is -2.12. The van der Waals surface area contributed by atoms with Crippen LogP contribution in [0.15, 0.2) is 24.3 Å². The molecule has 17 heavy (non-hydrogen) atoms. The number of methoxy groups -OCH3 is 1. The summed E-state index contributed by atoms with van der Waals surface area (Å²) in [6.45, 7) is 6.65. The first-order valence-corrected chi connectivity index (χ1v) is 6.22. The second-order valence-corrected chi connectivity index (χ2v) is 4.26. The van der Waals surface area contributed by atoms with Gasteiger partial charge < -0.3 is 14.8 Å². The van der Waals surface area contributed by atoms with Gasteiger partial charge in [-0.1, -0.05) is 26.3 Å². The third-order valence-electron chi connectivity index (χ3n) is 2.74. The molecular formula is C14H23NO2. The zero-order valence-electron chi connectivity index (χ0n) is 11.0. The average Bonchev–Trinajstić information content (AvgIpc) is 2.37. The van der Waals surface area contributed by atoms with Gasteiger partial charge in [-0.3, -0.25) is 0 Å². The third-order valence-corrected chi connectivity index (χ3v) is 2.74. The molecule has 0 bridgehead atoms. The van der Waals surface area contributed by atoms with Crippen LogP contribution in [0, 0.1) is 5.92 Å². The molecular weight excluding hydrogens is 214 g/mol. The van der Waals surface area contributed by atoms with E-state index in [9.17, 15) is 0 Å². The molecule has 0 saturated carbocycles.